The molecule has 0 N–H and O–H groups in total. The van der Waals surface area contributed by atoms with Crippen LogP contribution in [0.2, 0.25) is 0 Å². The van der Waals surface area contributed by atoms with Crippen molar-refractivity contribution in [2.75, 3.05) is 0 Å². The van der Waals surface area contributed by atoms with Crippen molar-refractivity contribution >= 4 is 0 Å². The van der Waals surface area contributed by atoms with Crippen LogP contribution in [0.4, 0.5) is 0 Å². The van der Waals surface area contributed by atoms with Gasteiger partial charge in [-0.05, 0) is 27.2 Å². The molecule has 0 saturated heterocycles. The van der Waals surface area contributed by atoms with Crippen LogP contribution in [0.5, 0.6) is 0 Å². The van der Waals surface area contributed by atoms with Gasteiger partial charge in [0, 0.05) is 6.04 Å². The topological polar surface area (TPSA) is 41.6 Å². The molecule has 0 fully saturated rings. The number of hydrogen-bond acceptors (Lipinski definition) is 2. The van der Waals surface area contributed by atoms with Crippen LogP contribution in [0, 0.1) is 25.2 Å². The van der Waals surface area contributed by atoms with E-state index in [0.717, 1.165) is 23.6 Å². The highest BCUT2D eigenvalue weighted by atomic mass is 15.1. The highest BCUT2D eigenvalue weighted by Gasteiger charge is 2.15. The van der Waals surface area contributed by atoms with Gasteiger partial charge in [-0.3, -0.25) is 0 Å². The van der Waals surface area contributed by atoms with Crippen LogP contribution in [0.3, 0.4) is 0 Å². The van der Waals surface area contributed by atoms with Crippen molar-refractivity contribution in [3.63, 3.8) is 0 Å². The monoisotopic (exact) mass is 247 g/mol. The number of imidazole rings is 1. The molecule has 0 aliphatic heterocycles. The fourth-order valence-corrected chi connectivity index (χ4v) is 2.53. The highest BCUT2D eigenvalue weighted by Crippen LogP contribution is 2.21. The molecule has 3 nitrogen and oxygen atoms in total. The van der Waals surface area contributed by atoms with E-state index >= 15 is 0 Å². The van der Waals surface area contributed by atoms with Gasteiger partial charge in [-0.1, -0.05) is 39.0 Å². The Morgan fingerprint density at radius 2 is 1.89 bits per heavy atom. The standard InChI is InChI=1S/C15H25N3/c1-5-6-7-8-9-10-12(2)18-14(4)17-13(3)15(18)11-16/h12H,5-10H2,1-4H3. The Labute approximate surface area is 111 Å². The molecular weight excluding hydrogens is 222 g/mol. The zero-order valence-corrected chi connectivity index (χ0v) is 12.2. The second-order valence-corrected chi connectivity index (χ2v) is 5.13. The van der Waals surface area contributed by atoms with Gasteiger partial charge in [-0.2, -0.15) is 5.26 Å². The number of rotatable bonds is 7. The number of aromatic nitrogens is 2. The van der Waals surface area contributed by atoms with Crippen LogP contribution >= 0.6 is 0 Å². The van der Waals surface area contributed by atoms with Crippen LogP contribution in [-0.4, -0.2) is 9.55 Å². The van der Waals surface area contributed by atoms with E-state index in [4.69, 9.17) is 0 Å². The molecule has 1 rings (SSSR count). The minimum atomic E-state index is 0.377. The third-order valence-corrected chi connectivity index (χ3v) is 3.53. The lowest BCUT2D eigenvalue weighted by atomic mass is 10.1. The third kappa shape index (κ3) is 3.60. The first-order chi connectivity index (χ1) is 8.61. The van der Waals surface area contributed by atoms with Gasteiger partial charge in [0.25, 0.3) is 0 Å². The molecule has 0 aromatic carbocycles. The summed E-state index contributed by atoms with van der Waals surface area (Å²) in [5, 5.41) is 9.19. The smallest absolute Gasteiger partial charge is 0.143 e. The van der Waals surface area contributed by atoms with Gasteiger partial charge in [-0.25, -0.2) is 4.98 Å². The molecular formula is C15H25N3. The van der Waals surface area contributed by atoms with Crippen molar-refractivity contribution < 1.29 is 0 Å². The summed E-state index contributed by atoms with van der Waals surface area (Å²) in [6.07, 6.45) is 7.62. The van der Waals surface area contributed by atoms with Gasteiger partial charge in [-0.15, -0.1) is 0 Å². The van der Waals surface area contributed by atoms with Gasteiger partial charge >= 0.3 is 0 Å². The molecule has 1 aromatic rings. The summed E-state index contributed by atoms with van der Waals surface area (Å²) < 4.78 is 2.09. The Morgan fingerprint density at radius 3 is 2.50 bits per heavy atom. The number of nitrogens with zero attached hydrogens (tertiary/aromatic N) is 3. The third-order valence-electron chi connectivity index (χ3n) is 3.53. The number of nitriles is 1. The Hall–Kier alpha value is -1.30. The normalized spacial score (nSPS) is 12.4. The molecule has 0 spiro atoms. The lowest BCUT2D eigenvalue weighted by Gasteiger charge is -2.16. The van der Waals surface area contributed by atoms with Gasteiger partial charge < -0.3 is 4.57 Å². The zero-order chi connectivity index (χ0) is 13.5. The van der Waals surface area contributed by atoms with Crippen molar-refractivity contribution in [2.24, 2.45) is 0 Å². The maximum Gasteiger partial charge on any atom is 0.143 e. The highest BCUT2D eigenvalue weighted by molar-refractivity contribution is 5.29. The molecule has 1 unspecified atom stereocenters. The number of hydrogen-bond donors (Lipinski definition) is 0. The second kappa shape index (κ2) is 7.20. The van der Waals surface area contributed by atoms with Gasteiger partial charge in [0.2, 0.25) is 0 Å². The summed E-state index contributed by atoms with van der Waals surface area (Å²) in [5.74, 6) is 0.963. The Balaban J connectivity index is 2.56. The summed E-state index contributed by atoms with van der Waals surface area (Å²) in [7, 11) is 0. The van der Waals surface area contributed by atoms with Crippen molar-refractivity contribution in [1.82, 2.24) is 9.55 Å². The molecule has 1 atom stereocenters. The van der Waals surface area contributed by atoms with Crippen molar-refractivity contribution in [3.05, 3.63) is 17.2 Å². The van der Waals surface area contributed by atoms with Crippen molar-refractivity contribution in [1.29, 1.82) is 5.26 Å². The minimum absolute atomic E-state index is 0.377. The van der Waals surface area contributed by atoms with E-state index in [0.29, 0.717) is 6.04 Å². The molecule has 18 heavy (non-hydrogen) atoms. The SMILES string of the molecule is CCCCCCCC(C)n1c(C)nc(C)c1C#N. The lowest BCUT2D eigenvalue weighted by molar-refractivity contribution is 0.459. The average molecular weight is 247 g/mol. The molecule has 0 radical (unpaired) electrons. The first kappa shape index (κ1) is 14.8. The van der Waals surface area contributed by atoms with E-state index in [1.807, 2.05) is 13.8 Å². The predicted octanol–water partition coefficient (Wildman–Crippen LogP) is 4.29. The van der Waals surface area contributed by atoms with Gasteiger partial charge in [0.05, 0.1) is 5.69 Å². The number of aryl methyl sites for hydroxylation is 2. The van der Waals surface area contributed by atoms with E-state index < -0.39 is 0 Å². The van der Waals surface area contributed by atoms with Crippen molar-refractivity contribution in [2.45, 2.75) is 72.3 Å². The lowest BCUT2D eigenvalue weighted by Crippen LogP contribution is -2.09. The molecule has 0 amide bonds. The van der Waals surface area contributed by atoms with E-state index in [9.17, 15) is 5.26 Å². The van der Waals surface area contributed by atoms with Crippen LogP contribution in [0.15, 0.2) is 0 Å². The van der Waals surface area contributed by atoms with E-state index in [1.54, 1.807) is 0 Å². The van der Waals surface area contributed by atoms with Gasteiger partial charge in [0.1, 0.15) is 17.6 Å². The maximum atomic E-state index is 9.19. The Morgan fingerprint density at radius 1 is 1.22 bits per heavy atom. The van der Waals surface area contributed by atoms with Crippen LogP contribution in [-0.2, 0) is 0 Å². The first-order valence-electron chi connectivity index (χ1n) is 7.07. The summed E-state index contributed by atoms with van der Waals surface area (Å²) in [5.41, 5.74) is 1.58. The molecule has 1 aromatic heterocycles. The number of unbranched alkanes of at least 4 members (excludes halogenated alkanes) is 4. The van der Waals surface area contributed by atoms with E-state index in [-0.39, 0.29) is 0 Å². The molecule has 100 valence electrons. The fraction of sp³-hybridized carbons (Fsp3) is 0.733. The quantitative estimate of drug-likeness (QED) is 0.674. The molecule has 1 heterocycles. The summed E-state index contributed by atoms with van der Waals surface area (Å²) in [4.78, 5) is 4.40. The van der Waals surface area contributed by atoms with Crippen molar-refractivity contribution in [3.8, 4) is 6.07 Å². The summed E-state index contributed by atoms with van der Waals surface area (Å²) in [6, 6.07) is 2.65. The second-order valence-electron chi connectivity index (χ2n) is 5.13. The minimum Gasteiger partial charge on any atom is -0.317 e. The molecule has 0 aliphatic carbocycles. The predicted molar refractivity (Wildman–Crippen MR) is 74.5 cm³/mol. The van der Waals surface area contributed by atoms with Crippen LogP contribution in [0.25, 0.3) is 0 Å². The Bertz CT molecular complexity index is 412. The largest absolute Gasteiger partial charge is 0.317 e. The molecule has 0 saturated carbocycles. The molecule has 3 heteroatoms. The van der Waals surface area contributed by atoms with Gasteiger partial charge in [0.15, 0.2) is 0 Å². The van der Waals surface area contributed by atoms with Crippen LogP contribution < -0.4 is 0 Å². The fourth-order valence-electron chi connectivity index (χ4n) is 2.53. The first-order valence-corrected chi connectivity index (χ1v) is 7.07. The summed E-state index contributed by atoms with van der Waals surface area (Å²) >= 11 is 0. The molecule has 0 bridgehead atoms. The van der Waals surface area contributed by atoms with E-state index in [1.165, 1.54) is 32.1 Å². The van der Waals surface area contributed by atoms with Crippen LogP contribution in [0.1, 0.15) is 75.6 Å². The maximum absolute atomic E-state index is 9.19. The van der Waals surface area contributed by atoms with E-state index in [2.05, 4.69) is 29.5 Å². The Kier molecular flexibility index (Phi) is 5.91. The zero-order valence-electron chi connectivity index (χ0n) is 12.2. The molecule has 0 aliphatic rings. The summed E-state index contributed by atoms with van der Waals surface area (Å²) in [6.45, 7) is 8.33. The average Bonchev–Trinajstić information content (AvgIpc) is 2.63.